The first kappa shape index (κ1) is 10.3. The highest BCUT2D eigenvalue weighted by atomic mass is 14.8. The van der Waals surface area contributed by atoms with Crippen molar-refractivity contribution in [3.8, 4) is 0 Å². The van der Waals surface area contributed by atoms with Crippen molar-refractivity contribution in [2.24, 2.45) is 0 Å². The molecule has 0 radical (unpaired) electrons. The Labute approximate surface area is 81.2 Å². The Kier molecular flexibility index (Phi) is 3.97. The van der Waals surface area contributed by atoms with Gasteiger partial charge in [-0.2, -0.15) is 0 Å². The van der Waals surface area contributed by atoms with Gasteiger partial charge in [0, 0.05) is 6.54 Å². The number of aryl methyl sites for hydroxylation is 1. The number of nitrogens with one attached hydrogen (secondary N) is 1. The van der Waals surface area contributed by atoms with Crippen molar-refractivity contribution in [1.82, 2.24) is 5.32 Å². The Hall–Kier alpha value is -0.820. The smallest absolute Gasteiger partial charge is 0.0208 e. The quantitative estimate of drug-likeness (QED) is 0.697. The van der Waals surface area contributed by atoms with Gasteiger partial charge in [-0.05, 0) is 43.5 Å². The molecule has 1 aromatic carbocycles. The molecular formula is C12H19N. The largest absolute Gasteiger partial charge is 0.313 e. The zero-order valence-electron chi connectivity index (χ0n) is 8.85. The van der Waals surface area contributed by atoms with Crippen LogP contribution in [0.3, 0.4) is 0 Å². The summed E-state index contributed by atoms with van der Waals surface area (Å²) in [6, 6.07) is 6.49. The fraction of sp³-hybridized carbons (Fsp3) is 0.500. The van der Waals surface area contributed by atoms with E-state index >= 15 is 0 Å². The van der Waals surface area contributed by atoms with Crippen LogP contribution in [0.1, 0.15) is 30.0 Å². The van der Waals surface area contributed by atoms with Crippen molar-refractivity contribution in [3.63, 3.8) is 0 Å². The summed E-state index contributed by atoms with van der Waals surface area (Å²) < 4.78 is 0. The molecule has 0 bridgehead atoms. The highest BCUT2D eigenvalue weighted by molar-refractivity contribution is 5.32. The SMILES string of the molecule is CCCNCc1cccc(C)c1C. The zero-order valence-corrected chi connectivity index (χ0v) is 8.85. The van der Waals surface area contributed by atoms with Crippen molar-refractivity contribution in [2.45, 2.75) is 33.7 Å². The number of benzene rings is 1. The first-order valence-corrected chi connectivity index (χ1v) is 5.01. The van der Waals surface area contributed by atoms with Gasteiger partial charge in [0.15, 0.2) is 0 Å². The highest BCUT2D eigenvalue weighted by Crippen LogP contribution is 2.11. The summed E-state index contributed by atoms with van der Waals surface area (Å²) in [6.07, 6.45) is 1.20. The summed E-state index contributed by atoms with van der Waals surface area (Å²) in [5.74, 6) is 0. The number of hydrogen-bond donors (Lipinski definition) is 1. The third-order valence-corrected chi connectivity index (χ3v) is 2.46. The molecule has 0 heterocycles. The van der Waals surface area contributed by atoms with Crippen LogP contribution in [-0.4, -0.2) is 6.54 Å². The van der Waals surface area contributed by atoms with Crippen LogP contribution in [0.25, 0.3) is 0 Å². The minimum atomic E-state index is 1.00. The maximum Gasteiger partial charge on any atom is 0.0208 e. The molecule has 1 heteroatoms. The maximum atomic E-state index is 3.42. The third-order valence-electron chi connectivity index (χ3n) is 2.46. The second-order valence-electron chi connectivity index (χ2n) is 3.54. The average Bonchev–Trinajstić information content (AvgIpc) is 2.13. The summed E-state index contributed by atoms with van der Waals surface area (Å²) in [6.45, 7) is 8.65. The molecule has 1 N–H and O–H groups in total. The van der Waals surface area contributed by atoms with Gasteiger partial charge in [-0.1, -0.05) is 25.1 Å². The molecule has 0 spiro atoms. The Morgan fingerprint density at radius 1 is 1.23 bits per heavy atom. The monoisotopic (exact) mass is 177 g/mol. The number of rotatable bonds is 4. The van der Waals surface area contributed by atoms with Crippen LogP contribution in [-0.2, 0) is 6.54 Å². The molecule has 1 aromatic rings. The normalized spacial score (nSPS) is 10.4. The minimum absolute atomic E-state index is 1.00. The summed E-state index contributed by atoms with van der Waals surface area (Å²) >= 11 is 0. The maximum absolute atomic E-state index is 3.42. The minimum Gasteiger partial charge on any atom is -0.313 e. The fourth-order valence-electron chi connectivity index (χ4n) is 1.40. The van der Waals surface area contributed by atoms with Crippen LogP contribution < -0.4 is 5.32 Å². The molecule has 0 fully saturated rings. The Balaban J connectivity index is 2.61. The highest BCUT2D eigenvalue weighted by Gasteiger charge is 1.98. The molecule has 72 valence electrons. The van der Waals surface area contributed by atoms with E-state index < -0.39 is 0 Å². The molecule has 0 saturated heterocycles. The standard InChI is InChI=1S/C12H19N/c1-4-8-13-9-12-7-5-6-10(2)11(12)3/h5-7,13H,4,8-9H2,1-3H3. The van der Waals surface area contributed by atoms with E-state index in [0.29, 0.717) is 0 Å². The van der Waals surface area contributed by atoms with Crippen molar-refractivity contribution in [3.05, 3.63) is 34.9 Å². The van der Waals surface area contributed by atoms with Crippen LogP contribution >= 0.6 is 0 Å². The lowest BCUT2D eigenvalue weighted by Crippen LogP contribution is -2.14. The van der Waals surface area contributed by atoms with Gasteiger partial charge >= 0.3 is 0 Å². The van der Waals surface area contributed by atoms with Crippen molar-refractivity contribution < 1.29 is 0 Å². The molecule has 0 aromatic heterocycles. The van der Waals surface area contributed by atoms with Crippen LogP contribution in [0.2, 0.25) is 0 Å². The van der Waals surface area contributed by atoms with Crippen molar-refractivity contribution in [1.29, 1.82) is 0 Å². The average molecular weight is 177 g/mol. The Morgan fingerprint density at radius 3 is 2.69 bits per heavy atom. The summed E-state index contributed by atoms with van der Waals surface area (Å²) in [5, 5.41) is 3.42. The van der Waals surface area contributed by atoms with Crippen molar-refractivity contribution >= 4 is 0 Å². The second-order valence-corrected chi connectivity index (χ2v) is 3.54. The van der Waals surface area contributed by atoms with Gasteiger partial charge in [-0.25, -0.2) is 0 Å². The fourth-order valence-corrected chi connectivity index (χ4v) is 1.40. The van der Waals surface area contributed by atoms with Crippen molar-refractivity contribution in [2.75, 3.05) is 6.54 Å². The lowest BCUT2D eigenvalue weighted by molar-refractivity contribution is 0.673. The van der Waals surface area contributed by atoms with E-state index in [4.69, 9.17) is 0 Å². The van der Waals surface area contributed by atoms with Crippen LogP contribution in [0, 0.1) is 13.8 Å². The van der Waals surface area contributed by atoms with E-state index in [0.717, 1.165) is 13.1 Å². The summed E-state index contributed by atoms with van der Waals surface area (Å²) in [7, 11) is 0. The predicted octanol–water partition coefficient (Wildman–Crippen LogP) is 2.80. The summed E-state index contributed by atoms with van der Waals surface area (Å²) in [5.41, 5.74) is 4.23. The van der Waals surface area contributed by atoms with E-state index in [1.54, 1.807) is 0 Å². The van der Waals surface area contributed by atoms with Gasteiger partial charge in [-0.15, -0.1) is 0 Å². The molecule has 0 atom stereocenters. The van der Waals surface area contributed by atoms with Crippen LogP contribution in [0.5, 0.6) is 0 Å². The van der Waals surface area contributed by atoms with E-state index in [1.165, 1.54) is 23.1 Å². The molecular weight excluding hydrogens is 158 g/mol. The molecule has 0 saturated carbocycles. The summed E-state index contributed by atoms with van der Waals surface area (Å²) in [4.78, 5) is 0. The van der Waals surface area contributed by atoms with Gasteiger partial charge in [-0.3, -0.25) is 0 Å². The second kappa shape index (κ2) is 5.03. The molecule has 13 heavy (non-hydrogen) atoms. The first-order valence-electron chi connectivity index (χ1n) is 5.01. The van der Waals surface area contributed by atoms with Gasteiger partial charge in [0.05, 0.1) is 0 Å². The lowest BCUT2D eigenvalue weighted by atomic mass is 10.0. The Morgan fingerprint density at radius 2 is 2.00 bits per heavy atom. The molecule has 1 nitrogen and oxygen atoms in total. The van der Waals surface area contributed by atoms with Gasteiger partial charge < -0.3 is 5.32 Å². The predicted molar refractivity (Wildman–Crippen MR) is 57.9 cm³/mol. The molecule has 0 aliphatic heterocycles. The molecule has 1 rings (SSSR count). The first-order chi connectivity index (χ1) is 6.25. The van der Waals surface area contributed by atoms with Gasteiger partial charge in [0.25, 0.3) is 0 Å². The van der Waals surface area contributed by atoms with Crippen LogP contribution in [0.4, 0.5) is 0 Å². The molecule has 0 aliphatic rings. The zero-order chi connectivity index (χ0) is 9.68. The van der Waals surface area contributed by atoms with Gasteiger partial charge in [0.2, 0.25) is 0 Å². The topological polar surface area (TPSA) is 12.0 Å². The lowest BCUT2D eigenvalue weighted by Gasteiger charge is -2.08. The van der Waals surface area contributed by atoms with Crippen LogP contribution in [0.15, 0.2) is 18.2 Å². The third kappa shape index (κ3) is 2.85. The van der Waals surface area contributed by atoms with E-state index in [2.05, 4.69) is 44.3 Å². The Bertz CT molecular complexity index is 266. The number of hydrogen-bond acceptors (Lipinski definition) is 1. The van der Waals surface area contributed by atoms with E-state index in [9.17, 15) is 0 Å². The molecule has 0 aliphatic carbocycles. The molecule has 0 unspecified atom stereocenters. The van der Waals surface area contributed by atoms with E-state index in [1.807, 2.05) is 0 Å². The van der Waals surface area contributed by atoms with E-state index in [-0.39, 0.29) is 0 Å². The molecule has 0 amide bonds. The van der Waals surface area contributed by atoms with Gasteiger partial charge in [0.1, 0.15) is 0 Å².